The minimum atomic E-state index is 0.273. The van der Waals surface area contributed by atoms with E-state index in [1.54, 1.807) is 0 Å². The highest BCUT2D eigenvalue weighted by molar-refractivity contribution is 9.10. The molecule has 0 aliphatic heterocycles. The second-order valence-corrected chi connectivity index (χ2v) is 6.68. The van der Waals surface area contributed by atoms with Crippen LogP contribution in [0.5, 0.6) is 0 Å². The third-order valence-electron chi connectivity index (χ3n) is 3.17. The van der Waals surface area contributed by atoms with Crippen molar-refractivity contribution in [3.8, 4) is 0 Å². The zero-order valence-electron chi connectivity index (χ0n) is 11.7. The summed E-state index contributed by atoms with van der Waals surface area (Å²) in [5, 5.41) is 4.31. The van der Waals surface area contributed by atoms with Crippen molar-refractivity contribution in [2.45, 2.75) is 26.3 Å². The molecule has 0 bridgehead atoms. The largest absolute Gasteiger partial charge is 0.377 e. The third kappa shape index (κ3) is 4.26. The van der Waals surface area contributed by atoms with Crippen molar-refractivity contribution in [3.63, 3.8) is 0 Å². The van der Waals surface area contributed by atoms with Gasteiger partial charge in [-0.1, -0.05) is 71.7 Å². The van der Waals surface area contributed by atoms with E-state index in [2.05, 4.69) is 59.4 Å². The SMILES string of the molecule is CC(C)CC(Nc1ccc(Br)cc1Cl)c1ccccc1. The molecule has 1 unspecified atom stereocenters. The molecule has 0 heterocycles. The number of hydrogen-bond donors (Lipinski definition) is 1. The van der Waals surface area contributed by atoms with Crippen LogP contribution in [0.2, 0.25) is 5.02 Å². The molecule has 2 aromatic rings. The maximum atomic E-state index is 6.31. The summed E-state index contributed by atoms with van der Waals surface area (Å²) in [4.78, 5) is 0. The van der Waals surface area contributed by atoms with Gasteiger partial charge in [0.15, 0.2) is 0 Å². The summed E-state index contributed by atoms with van der Waals surface area (Å²) in [5.74, 6) is 0.613. The van der Waals surface area contributed by atoms with Gasteiger partial charge in [-0.15, -0.1) is 0 Å². The molecule has 2 aromatic carbocycles. The normalized spacial score (nSPS) is 12.4. The van der Waals surface area contributed by atoms with E-state index >= 15 is 0 Å². The fourth-order valence-electron chi connectivity index (χ4n) is 2.23. The highest BCUT2D eigenvalue weighted by atomic mass is 79.9. The Hall–Kier alpha value is -0.990. The van der Waals surface area contributed by atoms with Gasteiger partial charge in [-0.2, -0.15) is 0 Å². The Morgan fingerprint density at radius 3 is 2.40 bits per heavy atom. The average Bonchev–Trinajstić information content (AvgIpc) is 2.41. The van der Waals surface area contributed by atoms with Gasteiger partial charge in [-0.05, 0) is 36.1 Å². The van der Waals surface area contributed by atoms with Crippen LogP contribution in [0.4, 0.5) is 5.69 Å². The molecule has 0 saturated carbocycles. The van der Waals surface area contributed by atoms with Crippen LogP contribution in [0, 0.1) is 5.92 Å². The van der Waals surface area contributed by atoms with Gasteiger partial charge in [0.25, 0.3) is 0 Å². The Bertz CT molecular complexity index is 554. The molecular weight excluding hydrogens is 334 g/mol. The van der Waals surface area contributed by atoms with E-state index in [4.69, 9.17) is 11.6 Å². The number of hydrogen-bond acceptors (Lipinski definition) is 1. The lowest BCUT2D eigenvalue weighted by atomic mass is 9.97. The first-order chi connectivity index (χ1) is 9.56. The summed E-state index contributed by atoms with van der Waals surface area (Å²) in [6, 6.07) is 16.7. The van der Waals surface area contributed by atoms with Crippen molar-refractivity contribution in [1.82, 2.24) is 0 Å². The maximum Gasteiger partial charge on any atom is 0.0648 e. The van der Waals surface area contributed by atoms with Crippen LogP contribution in [0.25, 0.3) is 0 Å². The number of anilines is 1. The molecule has 0 aliphatic carbocycles. The van der Waals surface area contributed by atoms with Crippen LogP contribution in [0.1, 0.15) is 31.9 Å². The van der Waals surface area contributed by atoms with Crippen LogP contribution in [0.15, 0.2) is 53.0 Å². The van der Waals surface area contributed by atoms with Crippen LogP contribution in [-0.4, -0.2) is 0 Å². The smallest absolute Gasteiger partial charge is 0.0648 e. The van der Waals surface area contributed by atoms with E-state index in [9.17, 15) is 0 Å². The van der Waals surface area contributed by atoms with Crippen LogP contribution >= 0.6 is 27.5 Å². The fourth-order valence-corrected chi connectivity index (χ4v) is 2.96. The minimum Gasteiger partial charge on any atom is -0.377 e. The summed E-state index contributed by atoms with van der Waals surface area (Å²) in [6.07, 6.45) is 1.07. The van der Waals surface area contributed by atoms with Gasteiger partial charge >= 0.3 is 0 Å². The Morgan fingerprint density at radius 1 is 1.10 bits per heavy atom. The molecule has 0 amide bonds. The molecule has 2 rings (SSSR count). The van der Waals surface area contributed by atoms with E-state index in [0.717, 1.165) is 21.6 Å². The Balaban J connectivity index is 2.24. The van der Waals surface area contributed by atoms with Gasteiger partial charge in [0.1, 0.15) is 0 Å². The number of halogens is 2. The van der Waals surface area contributed by atoms with Crippen molar-refractivity contribution < 1.29 is 0 Å². The first kappa shape index (κ1) is 15.4. The zero-order valence-corrected chi connectivity index (χ0v) is 14.1. The lowest BCUT2D eigenvalue weighted by Crippen LogP contribution is -2.13. The number of rotatable bonds is 5. The fraction of sp³-hybridized carbons (Fsp3) is 0.294. The summed E-state index contributed by atoms with van der Waals surface area (Å²) >= 11 is 9.74. The standard InChI is InChI=1S/C17H19BrClN/c1-12(2)10-17(13-6-4-3-5-7-13)20-16-9-8-14(18)11-15(16)19/h3-9,11-12,17,20H,10H2,1-2H3. The molecule has 0 aromatic heterocycles. The van der Waals surface area contributed by atoms with Crippen LogP contribution in [0.3, 0.4) is 0 Å². The number of nitrogens with one attached hydrogen (secondary N) is 1. The Morgan fingerprint density at radius 2 is 1.80 bits per heavy atom. The van der Waals surface area contributed by atoms with E-state index < -0.39 is 0 Å². The van der Waals surface area contributed by atoms with Crippen LogP contribution < -0.4 is 5.32 Å². The Kier molecular flexibility index (Phi) is 5.50. The Labute approximate surface area is 134 Å². The monoisotopic (exact) mass is 351 g/mol. The van der Waals surface area contributed by atoms with Gasteiger partial charge in [-0.3, -0.25) is 0 Å². The first-order valence-corrected chi connectivity index (χ1v) is 8.00. The average molecular weight is 353 g/mol. The second kappa shape index (κ2) is 7.14. The van der Waals surface area contributed by atoms with E-state index in [1.165, 1.54) is 5.56 Å². The highest BCUT2D eigenvalue weighted by Crippen LogP contribution is 2.31. The number of benzene rings is 2. The highest BCUT2D eigenvalue weighted by Gasteiger charge is 2.14. The molecule has 1 N–H and O–H groups in total. The first-order valence-electron chi connectivity index (χ1n) is 6.83. The summed E-state index contributed by atoms with van der Waals surface area (Å²) < 4.78 is 0.994. The lowest BCUT2D eigenvalue weighted by Gasteiger charge is -2.23. The van der Waals surface area contributed by atoms with Crippen LogP contribution in [-0.2, 0) is 0 Å². The van der Waals surface area contributed by atoms with Gasteiger partial charge < -0.3 is 5.32 Å². The van der Waals surface area contributed by atoms with Crippen molar-refractivity contribution in [2.75, 3.05) is 5.32 Å². The minimum absolute atomic E-state index is 0.273. The molecule has 0 saturated heterocycles. The second-order valence-electron chi connectivity index (χ2n) is 5.36. The van der Waals surface area contributed by atoms with Crippen molar-refractivity contribution in [3.05, 3.63) is 63.6 Å². The topological polar surface area (TPSA) is 12.0 Å². The maximum absolute atomic E-state index is 6.31. The lowest BCUT2D eigenvalue weighted by molar-refractivity contribution is 0.531. The molecule has 0 fully saturated rings. The molecule has 20 heavy (non-hydrogen) atoms. The molecule has 0 aliphatic rings. The summed E-state index contributed by atoms with van der Waals surface area (Å²) in [7, 11) is 0. The molecule has 1 atom stereocenters. The van der Waals surface area contributed by atoms with Gasteiger partial charge in [0.2, 0.25) is 0 Å². The van der Waals surface area contributed by atoms with Gasteiger partial charge in [0, 0.05) is 4.47 Å². The van der Waals surface area contributed by atoms with Gasteiger partial charge in [0.05, 0.1) is 16.8 Å². The predicted molar refractivity (Wildman–Crippen MR) is 91.4 cm³/mol. The molecule has 1 nitrogen and oxygen atoms in total. The predicted octanol–water partition coefficient (Wildman–Crippen LogP) is 6.30. The van der Waals surface area contributed by atoms with Crippen molar-refractivity contribution >= 4 is 33.2 Å². The molecule has 0 radical (unpaired) electrons. The summed E-state index contributed by atoms with van der Waals surface area (Å²) in [5.41, 5.74) is 2.27. The quantitative estimate of drug-likeness (QED) is 0.665. The van der Waals surface area contributed by atoms with Crippen molar-refractivity contribution in [2.24, 2.45) is 5.92 Å². The molecule has 106 valence electrons. The van der Waals surface area contributed by atoms with E-state index in [1.807, 2.05) is 24.3 Å². The van der Waals surface area contributed by atoms with Crippen molar-refractivity contribution in [1.29, 1.82) is 0 Å². The van der Waals surface area contributed by atoms with E-state index in [-0.39, 0.29) is 6.04 Å². The summed E-state index contributed by atoms with van der Waals surface area (Å²) in [6.45, 7) is 4.47. The molecular formula is C17H19BrClN. The molecule has 0 spiro atoms. The third-order valence-corrected chi connectivity index (χ3v) is 3.98. The van der Waals surface area contributed by atoms with E-state index in [0.29, 0.717) is 5.92 Å². The molecule has 3 heteroatoms. The zero-order chi connectivity index (χ0) is 14.5. The van der Waals surface area contributed by atoms with Gasteiger partial charge in [-0.25, -0.2) is 0 Å².